The lowest BCUT2D eigenvalue weighted by molar-refractivity contribution is -0.117. The maximum atomic E-state index is 12.8. The minimum absolute atomic E-state index is 0.0566. The van der Waals surface area contributed by atoms with Gasteiger partial charge in [-0.3, -0.25) is 9.69 Å². The fourth-order valence-corrected chi connectivity index (χ4v) is 4.65. The van der Waals surface area contributed by atoms with Gasteiger partial charge in [-0.25, -0.2) is 4.68 Å². The molecule has 5 nitrogen and oxygen atoms in total. The number of nitrogens with one attached hydrogen (secondary N) is 1. The molecule has 3 aromatic carbocycles. The van der Waals surface area contributed by atoms with Gasteiger partial charge in [0.05, 0.1) is 11.4 Å². The van der Waals surface area contributed by atoms with Crippen LogP contribution in [0.5, 0.6) is 0 Å². The van der Waals surface area contributed by atoms with Crippen molar-refractivity contribution in [1.29, 1.82) is 0 Å². The van der Waals surface area contributed by atoms with E-state index in [1.165, 1.54) is 11.1 Å². The summed E-state index contributed by atoms with van der Waals surface area (Å²) in [5.41, 5.74) is 6.32. The second-order valence-corrected chi connectivity index (χ2v) is 9.46. The van der Waals surface area contributed by atoms with E-state index in [2.05, 4.69) is 71.7 Å². The minimum Gasteiger partial charge on any atom is -0.350 e. The molecule has 1 N–H and O–H groups in total. The average molecular weight is 477 g/mol. The van der Waals surface area contributed by atoms with E-state index in [-0.39, 0.29) is 11.9 Å². The zero-order chi connectivity index (χ0) is 24.7. The monoisotopic (exact) mass is 476 g/mol. The lowest BCUT2D eigenvalue weighted by Crippen LogP contribution is -2.43. The van der Waals surface area contributed by atoms with Gasteiger partial charge < -0.3 is 5.32 Å². The molecule has 1 aliphatic rings. The van der Waals surface area contributed by atoms with Crippen LogP contribution < -0.4 is 5.32 Å². The Morgan fingerprint density at radius 1 is 0.944 bits per heavy atom. The van der Waals surface area contributed by atoms with Gasteiger partial charge in [0, 0.05) is 49.1 Å². The zero-order valence-corrected chi connectivity index (χ0v) is 20.7. The molecule has 1 aromatic heterocycles. The average Bonchev–Trinajstić information content (AvgIpc) is 3.34. The number of rotatable bonds is 7. The van der Waals surface area contributed by atoms with Gasteiger partial charge in [0.25, 0.3) is 0 Å². The summed E-state index contributed by atoms with van der Waals surface area (Å²) in [6.07, 6.45) is 7.43. The van der Waals surface area contributed by atoms with E-state index in [0.717, 1.165) is 55.0 Å². The van der Waals surface area contributed by atoms with Crippen molar-refractivity contribution in [3.8, 4) is 16.9 Å². The third kappa shape index (κ3) is 5.99. The van der Waals surface area contributed by atoms with Crippen molar-refractivity contribution in [1.82, 2.24) is 20.0 Å². The Balaban J connectivity index is 1.24. The number of likely N-dealkylation sites (tertiary alicyclic amines) is 1. The summed E-state index contributed by atoms with van der Waals surface area (Å²) in [6, 6.07) is 29.1. The van der Waals surface area contributed by atoms with E-state index in [1.54, 1.807) is 6.08 Å². The molecule has 0 saturated carbocycles. The molecule has 4 aromatic rings. The predicted molar refractivity (Wildman–Crippen MR) is 146 cm³/mol. The van der Waals surface area contributed by atoms with Crippen molar-refractivity contribution in [2.45, 2.75) is 32.4 Å². The van der Waals surface area contributed by atoms with Crippen LogP contribution in [-0.4, -0.2) is 39.7 Å². The molecule has 0 unspecified atom stereocenters. The molecular weight excluding hydrogens is 444 g/mol. The van der Waals surface area contributed by atoms with Gasteiger partial charge in [-0.15, -0.1) is 0 Å². The second-order valence-electron chi connectivity index (χ2n) is 9.46. The topological polar surface area (TPSA) is 50.2 Å². The number of amides is 1. The lowest BCUT2D eigenvalue weighted by Gasteiger charge is -2.32. The van der Waals surface area contributed by atoms with Crippen LogP contribution in [0.4, 0.5) is 0 Å². The molecule has 2 heterocycles. The van der Waals surface area contributed by atoms with Crippen LogP contribution in [0.15, 0.2) is 97.2 Å². The first-order valence-electron chi connectivity index (χ1n) is 12.6. The summed E-state index contributed by atoms with van der Waals surface area (Å²) in [5, 5.41) is 8.04. The Morgan fingerprint density at radius 2 is 1.61 bits per heavy atom. The van der Waals surface area contributed by atoms with E-state index in [4.69, 9.17) is 5.10 Å². The van der Waals surface area contributed by atoms with Gasteiger partial charge >= 0.3 is 0 Å². The van der Waals surface area contributed by atoms with Crippen molar-refractivity contribution in [3.63, 3.8) is 0 Å². The van der Waals surface area contributed by atoms with E-state index < -0.39 is 0 Å². The molecule has 0 bridgehead atoms. The Hall–Kier alpha value is -3.96. The molecule has 1 amide bonds. The predicted octanol–water partition coefficient (Wildman–Crippen LogP) is 5.64. The summed E-state index contributed by atoms with van der Waals surface area (Å²) in [6.45, 7) is 5.02. The number of carbonyl (C=O) groups excluding carboxylic acids is 1. The number of hydrogen-bond donors (Lipinski definition) is 1. The van der Waals surface area contributed by atoms with Crippen LogP contribution in [0.3, 0.4) is 0 Å². The molecule has 0 atom stereocenters. The van der Waals surface area contributed by atoms with Crippen molar-refractivity contribution < 1.29 is 4.79 Å². The van der Waals surface area contributed by atoms with Gasteiger partial charge in [0.2, 0.25) is 5.91 Å². The number of para-hydroxylation sites is 1. The molecule has 5 heteroatoms. The van der Waals surface area contributed by atoms with Gasteiger partial charge in [-0.05, 0) is 43.5 Å². The van der Waals surface area contributed by atoms with E-state index in [9.17, 15) is 4.79 Å². The molecular formula is C31H32N4O. The molecule has 0 radical (unpaired) electrons. The van der Waals surface area contributed by atoms with E-state index >= 15 is 0 Å². The summed E-state index contributed by atoms with van der Waals surface area (Å²) >= 11 is 0. The van der Waals surface area contributed by atoms with Gasteiger partial charge in [0.15, 0.2) is 0 Å². The smallest absolute Gasteiger partial charge is 0.244 e. The molecule has 182 valence electrons. The first-order chi connectivity index (χ1) is 17.6. The minimum atomic E-state index is -0.0566. The maximum Gasteiger partial charge on any atom is 0.244 e. The SMILES string of the molecule is Cc1ccc(-c2nn(-c3ccccc3)cc2/C=C/C(=O)NC2CCN(Cc3ccccc3)CC2)cc1. The van der Waals surface area contributed by atoms with Crippen molar-refractivity contribution in [2.75, 3.05) is 13.1 Å². The number of piperidine rings is 1. The van der Waals surface area contributed by atoms with Gasteiger partial charge in [-0.1, -0.05) is 78.4 Å². The van der Waals surface area contributed by atoms with Crippen molar-refractivity contribution in [3.05, 3.63) is 114 Å². The van der Waals surface area contributed by atoms with Crippen molar-refractivity contribution >= 4 is 12.0 Å². The maximum absolute atomic E-state index is 12.8. The molecule has 5 rings (SSSR count). The van der Waals surface area contributed by atoms with Crippen LogP contribution in [-0.2, 0) is 11.3 Å². The summed E-state index contributed by atoms with van der Waals surface area (Å²) < 4.78 is 1.87. The summed E-state index contributed by atoms with van der Waals surface area (Å²) in [5.74, 6) is -0.0566. The molecule has 1 aliphatic heterocycles. The van der Waals surface area contributed by atoms with Crippen molar-refractivity contribution in [2.24, 2.45) is 0 Å². The summed E-state index contributed by atoms with van der Waals surface area (Å²) in [4.78, 5) is 15.2. The van der Waals surface area contributed by atoms with Crippen LogP contribution >= 0.6 is 0 Å². The first kappa shape index (κ1) is 23.8. The lowest BCUT2D eigenvalue weighted by atomic mass is 10.0. The first-order valence-corrected chi connectivity index (χ1v) is 12.6. The molecule has 1 fully saturated rings. The van der Waals surface area contributed by atoms with Gasteiger partial charge in [-0.2, -0.15) is 5.10 Å². The molecule has 0 spiro atoms. The second kappa shape index (κ2) is 11.2. The fraction of sp³-hybridized carbons (Fsp3) is 0.226. The Bertz CT molecular complexity index is 1300. The molecule has 36 heavy (non-hydrogen) atoms. The Morgan fingerprint density at radius 3 is 2.31 bits per heavy atom. The van der Waals surface area contributed by atoms with E-state index in [1.807, 2.05) is 47.3 Å². The quantitative estimate of drug-likeness (QED) is 0.351. The fourth-order valence-electron chi connectivity index (χ4n) is 4.65. The Kier molecular flexibility index (Phi) is 7.39. The highest BCUT2D eigenvalue weighted by Crippen LogP contribution is 2.25. The number of hydrogen-bond acceptors (Lipinski definition) is 3. The largest absolute Gasteiger partial charge is 0.350 e. The third-order valence-electron chi connectivity index (χ3n) is 6.69. The number of aryl methyl sites for hydroxylation is 1. The number of aromatic nitrogens is 2. The van der Waals surface area contributed by atoms with Crippen LogP contribution in [0.1, 0.15) is 29.5 Å². The third-order valence-corrected chi connectivity index (χ3v) is 6.69. The Labute approximate surface area is 213 Å². The standard InChI is InChI=1S/C31H32N4O/c1-24-12-14-26(15-13-24)31-27(23-35(33-31)29-10-6-3-7-11-29)16-17-30(36)32-28-18-20-34(21-19-28)22-25-8-4-2-5-9-25/h2-17,23,28H,18-22H2,1H3,(H,32,36)/b17-16+. The highest BCUT2D eigenvalue weighted by Gasteiger charge is 2.20. The zero-order valence-electron chi connectivity index (χ0n) is 20.7. The van der Waals surface area contributed by atoms with Gasteiger partial charge in [0.1, 0.15) is 0 Å². The number of nitrogens with zero attached hydrogens (tertiary/aromatic N) is 3. The highest BCUT2D eigenvalue weighted by molar-refractivity contribution is 5.93. The molecule has 0 aliphatic carbocycles. The number of benzene rings is 3. The number of carbonyl (C=O) groups is 1. The van der Waals surface area contributed by atoms with Crippen LogP contribution in [0.25, 0.3) is 23.0 Å². The highest BCUT2D eigenvalue weighted by atomic mass is 16.1. The van der Waals surface area contributed by atoms with Crippen LogP contribution in [0, 0.1) is 6.92 Å². The van der Waals surface area contributed by atoms with E-state index in [0.29, 0.717) is 0 Å². The van der Waals surface area contributed by atoms with Crippen LogP contribution in [0.2, 0.25) is 0 Å². The molecule has 1 saturated heterocycles. The normalized spacial score (nSPS) is 14.8. The summed E-state index contributed by atoms with van der Waals surface area (Å²) in [7, 11) is 0.